The van der Waals surface area contributed by atoms with Crippen molar-refractivity contribution < 1.29 is 23.5 Å². The quantitative estimate of drug-likeness (QED) is 0.587. The van der Waals surface area contributed by atoms with Gasteiger partial charge in [0.05, 0.1) is 30.1 Å². The standard InChI is InChI=1S/C26H28FN3O4S/c1-3-34-24(32)18-12-14-28(15-13-18)16-29-22-7-5-4-6-21(22)26(25(29)33)30(23(31)17(2)35-26)20-10-8-19(27)9-11-20/h4-11,17-18H,3,12-16H2,1-2H3/t17-,26-/m1/s1. The Morgan fingerprint density at radius 3 is 2.49 bits per heavy atom. The number of halogens is 1. The number of nitrogens with zero attached hydrogens (tertiary/aromatic N) is 3. The lowest BCUT2D eigenvalue weighted by Crippen LogP contribution is -2.52. The highest BCUT2D eigenvalue weighted by atomic mass is 32.2. The zero-order chi connectivity index (χ0) is 24.7. The van der Waals surface area contributed by atoms with E-state index in [1.807, 2.05) is 24.3 Å². The molecule has 0 radical (unpaired) electrons. The van der Waals surface area contributed by atoms with Crippen molar-refractivity contribution >= 4 is 40.9 Å². The molecule has 0 saturated carbocycles. The van der Waals surface area contributed by atoms with E-state index >= 15 is 0 Å². The second kappa shape index (κ2) is 9.28. The number of rotatable bonds is 5. The van der Waals surface area contributed by atoms with Crippen LogP contribution >= 0.6 is 11.8 Å². The molecule has 2 amide bonds. The summed E-state index contributed by atoms with van der Waals surface area (Å²) in [7, 11) is 0. The first-order chi connectivity index (χ1) is 16.9. The molecule has 0 aromatic heterocycles. The van der Waals surface area contributed by atoms with Gasteiger partial charge in [-0.25, -0.2) is 4.39 Å². The lowest BCUT2D eigenvalue weighted by atomic mass is 9.97. The molecule has 2 aromatic carbocycles. The van der Waals surface area contributed by atoms with E-state index in [1.165, 1.54) is 28.8 Å². The van der Waals surface area contributed by atoms with Gasteiger partial charge in [0.15, 0.2) is 0 Å². The Bertz CT molecular complexity index is 1150. The molecule has 5 rings (SSSR count). The first-order valence-corrected chi connectivity index (χ1v) is 12.8. The van der Waals surface area contributed by atoms with Gasteiger partial charge in [0.25, 0.3) is 5.91 Å². The number of thioether (sulfide) groups is 1. The Morgan fingerprint density at radius 2 is 1.80 bits per heavy atom. The number of anilines is 2. The Kier molecular flexibility index (Phi) is 6.31. The molecule has 184 valence electrons. The van der Waals surface area contributed by atoms with Gasteiger partial charge in [-0.2, -0.15) is 0 Å². The van der Waals surface area contributed by atoms with Crippen LogP contribution in [0.3, 0.4) is 0 Å². The second-order valence-corrected chi connectivity index (χ2v) is 10.6. The Labute approximate surface area is 208 Å². The van der Waals surface area contributed by atoms with Gasteiger partial charge >= 0.3 is 5.97 Å². The van der Waals surface area contributed by atoms with Crippen molar-refractivity contribution in [2.24, 2.45) is 5.92 Å². The largest absolute Gasteiger partial charge is 0.466 e. The molecular formula is C26H28FN3O4S. The summed E-state index contributed by atoms with van der Waals surface area (Å²) in [6.45, 7) is 5.70. The van der Waals surface area contributed by atoms with E-state index in [0.29, 0.717) is 44.9 Å². The number of ether oxygens (including phenoxy) is 1. The maximum Gasteiger partial charge on any atom is 0.309 e. The molecule has 1 spiro atoms. The number of likely N-dealkylation sites (tertiary alicyclic amines) is 1. The molecule has 35 heavy (non-hydrogen) atoms. The highest BCUT2D eigenvalue weighted by molar-refractivity contribution is 8.03. The van der Waals surface area contributed by atoms with Crippen molar-refractivity contribution in [3.8, 4) is 0 Å². The number of amides is 2. The molecule has 7 nitrogen and oxygen atoms in total. The van der Waals surface area contributed by atoms with Gasteiger partial charge < -0.3 is 4.74 Å². The fourth-order valence-electron chi connectivity index (χ4n) is 5.24. The first kappa shape index (κ1) is 23.8. The van der Waals surface area contributed by atoms with Crippen molar-refractivity contribution in [2.45, 2.75) is 36.8 Å². The average molecular weight is 498 g/mol. The lowest BCUT2D eigenvalue weighted by molar-refractivity contribution is -0.149. The first-order valence-electron chi connectivity index (χ1n) is 11.9. The monoisotopic (exact) mass is 497 g/mol. The van der Waals surface area contributed by atoms with Crippen LogP contribution in [0.4, 0.5) is 15.8 Å². The number of esters is 1. The summed E-state index contributed by atoms with van der Waals surface area (Å²) in [6, 6.07) is 13.3. The molecule has 0 bridgehead atoms. The topological polar surface area (TPSA) is 70.2 Å². The second-order valence-electron chi connectivity index (χ2n) is 9.09. The van der Waals surface area contributed by atoms with E-state index in [4.69, 9.17) is 4.74 Å². The van der Waals surface area contributed by atoms with Gasteiger partial charge in [-0.3, -0.25) is 29.1 Å². The van der Waals surface area contributed by atoms with Crippen LogP contribution in [0.25, 0.3) is 0 Å². The molecule has 0 aliphatic carbocycles. The SMILES string of the molecule is CCOC(=O)C1CCN(CN2C(=O)[C@]3(S[C@H](C)C(=O)N3c3ccc(F)cc3)c3ccccc32)CC1. The zero-order valence-corrected chi connectivity index (χ0v) is 20.6. The van der Waals surface area contributed by atoms with Gasteiger partial charge in [0.1, 0.15) is 5.82 Å². The highest BCUT2D eigenvalue weighted by Crippen LogP contribution is 2.57. The Morgan fingerprint density at radius 1 is 1.11 bits per heavy atom. The van der Waals surface area contributed by atoms with Crippen LogP contribution < -0.4 is 9.80 Å². The van der Waals surface area contributed by atoms with Crippen LogP contribution in [0, 0.1) is 11.7 Å². The van der Waals surface area contributed by atoms with Crippen molar-refractivity contribution in [1.82, 2.24) is 4.90 Å². The molecule has 2 saturated heterocycles. The molecular weight excluding hydrogens is 469 g/mol. The maximum absolute atomic E-state index is 14.2. The summed E-state index contributed by atoms with van der Waals surface area (Å²) in [5.41, 5.74) is 2.03. The van der Waals surface area contributed by atoms with E-state index < -0.39 is 15.9 Å². The van der Waals surface area contributed by atoms with Crippen LogP contribution in [0.1, 0.15) is 32.3 Å². The van der Waals surface area contributed by atoms with E-state index in [9.17, 15) is 18.8 Å². The fraction of sp³-hybridized carbons (Fsp3) is 0.423. The van der Waals surface area contributed by atoms with Crippen molar-refractivity contribution in [3.05, 3.63) is 59.9 Å². The number of carbonyl (C=O) groups excluding carboxylic acids is 3. The van der Waals surface area contributed by atoms with Gasteiger partial charge in [-0.1, -0.05) is 18.2 Å². The lowest BCUT2D eigenvalue weighted by Gasteiger charge is -2.36. The summed E-state index contributed by atoms with van der Waals surface area (Å²) >= 11 is 1.33. The number of hydrogen-bond donors (Lipinski definition) is 0. The Balaban J connectivity index is 1.45. The minimum atomic E-state index is -1.24. The van der Waals surface area contributed by atoms with Gasteiger partial charge in [-0.15, -0.1) is 11.8 Å². The smallest absolute Gasteiger partial charge is 0.309 e. The third kappa shape index (κ3) is 3.90. The molecule has 9 heteroatoms. The van der Waals surface area contributed by atoms with Crippen molar-refractivity contribution in [1.29, 1.82) is 0 Å². The average Bonchev–Trinajstić information content (AvgIpc) is 3.26. The molecule has 0 unspecified atom stereocenters. The van der Waals surface area contributed by atoms with Crippen LogP contribution in [-0.4, -0.2) is 54.3 Å². The molecule has 2 aromatic rings. The molecule has 3 aliphatic heterocycles. The van der Waals surface area contributed by atoms with Gasteiger partial charge in [0, 0.05) is 24.3 Å². The van der Waals surface area contributed by atoms with Gasteiger partial charge in [0.2, 0.25) is 10.8 Å². The normalized spacial score (nSPS) is 24.9. The summed E-state index contributed by atoms with van der Waals surface area (Å²) in [4.78, 5) is 43.9. The number of para-hydroxylation sites is 1. The van der Waals surface area contributed by atoms with E-state index in [2.05, 4.69) is 4.90 Å². The minimum Gasteiger partial charge on any atom is -0.466 e. The van der Waals surface area contributed by atoms with Crippen LogP contribution in [0.2, 0.25) is 0 Å². The van der Waals surface area contributed by atoms with E-state index in [0.717, 1.165) is 11.3 Å². The molecule has 3 heterocycles. The zero-order valence-electron chi connectivity index (χ0n) is 19.8. The predicted octanol–water partition coefficient (Wildman–Crippen LogP) is 3.73. The summed E-state index contributed by atoms with van der Waals surface area (Å²) < 4.78 is 18.8. The Hall–Kier alpha value is -2.91. The predicted molar refractivity (Wildman–Crippen MR) is 132 cm³/mol. The number of benzene rings is 2. The molecule has 3 aliphatic rings. The number of hydrogen-bond acceptors (Lipinski definition) is 6. The van der Waals surface area contributed by atoms with Crippen LogP contribution in [0.5, 0.6) is 0 Å². The number of fused-ring (bicyclic) bond motifs is 2. The van der Waals surface area contributed by atoms with Crippen LogP contribution in [-0.2, 0) is 24.0 Å². The number of carbonyl (C=O) groups is 3. The minimum absolute atomic E-state index is 0.114. The summed E-state index contributed by atoms with van der Waals surface area (Å²) in [5, 5.41) is -0.433. The van der Waals surface area contributed by atoms with E-state index in [-0.39, 0.29) is 23.7 Å². The molecule has 2 atom stereocenters. The fourth-order valence-corrected chi connectivity index (χ4v) is 6.77. The molecule has 0 N–H and O–H groups in total. The summed E-state index contributed by atoms with van der Waals surface area (Å²) in [6.07, 6.45) is 1.36. The highest BCUT2D eigenvalue weighted by Gasteiger charge is 2.63. The summed E-state index contributed by atoms with van der Waals surface area (Å²) in [5.74, 6) is -1.03. The van der Waals surface area contributed by atoms with Crippen molar-refractivity contribution in [2.75, 3.05) is 36.2 Å². The maximum atomic E-state index is 14.2. The van der Waals surface area contributed by atoms with Crippen LogP contribution in [0.15, 0.2) is 48.5 Å². The van der Waals surface area contributed by atoms with Gasteiger partial charge in [-0.05, 0) is 57.0 Å². The number of piperidine rings is 1. The van der Waals surface area contributed by atoms with Crippen molar-refractivity contribution in [3.63, 3.8) is 0 Å². The third-order valence-corrected chi connectivity index (χ3v) is 8.43. The third-order valence-electron chi connectivity index (χ3n) is 6.96. The molecule has 2 fully saturated rings. The van der Waals surface area contributed by atoms with E-state index in [1.54, 1.807) is 30.9 Å².